The van der Waals surface area contributed by atoms with Crippen LogP contribution in [0.3, 0.4) is 0 Å². The summed E-state index contributed by atoms with van der Waals surface area (Å²) in [7, 11) is 2.02. The largest absolute Gasteiger partial charge is 0.359 e. The van der Waals surface area contributed by atoms with Crippen LogP contribution in [0.5, 0.6) is 0 Å². The normalized spacial score (nSPS) is 13.3. The van der Waals surface area contributed by atoms with Gasteiger partial charge in [-0.15, -0.1) is 5.10 Å². The van der Waals surface area contributed by atoms with E-state index in [0.717, 1.165) is 36.0 Å². The van der Waals surface area contributed by atoms with Crippen molar-refractivity contribution in [1.82, 2.24) is 20.0 Å². The van der Waals surface area contributed by atoms with Gasteiger partial charge in [-0.2, -0.15) is 9.90 Å². The molecule has 1 aromatic carbocycles. The molecule has 1 N–H and O–H groups in total. The fourth-order valence-electron chi connectivity index (χ4n) is 3.13. The highest BCUT2D eigenvalue weighted by Crippen LogP contribution is 2.30. The van der Waals surface area contributed by atoms with Crippen LogP contribution in [0.1, 0.15) is 24.0 Å². The molecule has 1 saturated carbocycles. The van der Waals surface area contributed by atoms with Gasteiger partial charge in [0.15, 0.2) is 17.5 Å². The van der Waals surface area contributed by atoms with Crippen LogP contribution < -0.4 is 10.2 Å². The van der Waals surface area contributed by atoms with Crippen molar-refractivity contribution in [1.29, 1.82) is 0 Å². The maximum Gasteiger partial charge on any atom is 0.230 e. The molecule has 0 spiro atoms. The van der Waals surface area contributed by atoms with Gasteiger partial charge in [-0.25, -0.2) is 13.8 Å². The molecule has 1 aliphatic rings. The molecule has 1 amide bonds. The molecule has 7 nitrogen and oxygen atoms in total. The number of pyridine rings is 1. The van der Waals surface area contributed by atoms with Gasteiger partial charge in [0.1, 0.15) is 5.82 Å². The summed E-state index contributed by atoms with van der Waals surface area (Å²) in [6.45, 7) is 1.17. The van der Waals surface area contributed by atoms with E-state index >= 15 is 0 Å². The van der Waals surface area contributed by atoms with Crippen molar-refractivity contribution < 1.29 is 13.6 Å². The summed E-state index contributed by atoms with van der Waals surface area (Å²) in [6.07, 6.45) is 5.85. The van der Waals surface area contributed by atoms with E-state index < -0.39 is 11.6 Å². The highest BCUT2D eigenvalue weighted by molar-refractivity contribution is 5.91. The fourth-order valence-corrected chi connectivity index (χ4v) is 3.13. The van der Waals surface area contributed by atoms with E-state index in [1.807, 2.05) is 19.2 Å². The molecule has 0 atom stereocenters. The van der Waals surface area contributed by atoms with Gasteiger partial charge < -0.3 is 10.2 Å². The first-order valence-corrected chi connectivity index (χ1v) is 9.76. The third-order valence-corrected chi connectivity index (χ3v) is 4.91. The minimum Gasteiger partial charge on any atom is -0.359 e. The van der Waals surface area contributed by atoms with E-state index in [9.17, 15) is 13.6 Å². The smallest absolute Gasteiger partial charge is 0.230 e. The van der Waals surface area contributed by atoms with Gasteiger partial charge in [0.05, 0.1) is 19.2 Å². The molecule has 2 aromatic heterocycles. The number of amides is 1. The molecule has 2 heterocycles. The van der Waals surface area contributed by atoms with Crippen molar-refractivity contribution in [3.63, 3.8) is 0 Å². The number of nitrogens with zero attached hydrogens (tertiary/aromatic N) is 5. The zero-order valence-electron chi connectivity index (χ0n) is 16.6. The number of carbonyl (C=O) groups excluding carboxylic acids is 1. The Hall–Kier alpha value is -3.36. The van der Waals surface area contributed by atoms with Crippen LogP contribution >= 0.6 is 0 Å². The highest BCUT2D eigenvalue weighted by atomic mass is 19.2. The Morgan fingerprint density at radius 2 is 1.97 bits per heavy atom. The highest BCUT2D eigenvalue weighted by Gasteiger charge is 2.23. The molecule has 9 heteroatoms. The Labute approximate surface area is 172 Å². The van der Waals surface area contributed by atoms with Crippen molar-refractivity contribution in [2.45, 2.75) is 25.8 Å². The molecule has 0 bridgehead atoms. The first kappa shape index (κ1) is 19.9. The lowest BCUT2D eigenvalue weighted by molar-refractivity contribution is -0.115. The first-order chi connectivity index (χ1) is 14.5. The summed E-state index contributed by atoms with van der Waals surface area (Å²) < 4.78 is 26.3. The van der Waals surface area contributed by atoms with Crippen LogP contribution in [0.4, 0.5) is 20.4 Å². The maximum atomic E-state index is 13.3. The number of hydrogen-bond acceptors (Lipinski definition) is 5. The number of benzene rings is 1. The summed E-state index contributed by atoms with van der Waals surface area (Å²) in [5.74, 6) is -0.111. The monoisotopic (exact) mass is 412 g/mol. The maximum absolute atomic E-state index is 13.3. The Morgan fingerprint density at radius 1 is 1.17 bits per heavy atom. The zero-order valence-corrected chi connectivity index (χ0v) is 16.6. The van der Waals surface area contributed by atoms with Gasteiger partial charge in [-0.3, -0.25) is 4.79 Å². The molecular weight excluding hydrogens is 390 g/mol. The molecular formula is C21H22F2N6O. The van der Waals surface area contributed by atoms with Crippen molar-refractivity contribution in [3.8, 4) is 0 Å². The summed E-state index contributed by atoms with van der Waals surface area (Å²) in [5, 5.41) is 10.9. The van der Waals surface area contributed by atoms with Gasteiger partial charge >= 0.3 is 0 Å². The first-order valence-electron chi connectivity index (χ1n) is 9.76. The van der Waals surface area contributed by atoms with E-state index in [2.05, 4.69) is 25.4 Å². The minimum atomic E-state index is -0.924. The summed E-state index contributed by atoms with van der Waals surface area (Å²) in [6, 6.07) is 7.42. The quantitative estimate of drug-likeness (QED) is 0.616. The number of anilines is 2. The third-order valence-electron chi connectivity index (χ3n) is 4.91. The summed E-state index contributed by atoms with van der Waals surface area (Å²) >= 11 is 0. The number of nitrogens with one attached hydrogen (secondary N) is 1. The Morgan fingerprint density at radius 3 is 2.67 bits per heavy atom. The Kier molecular flexibility index (Phi) is 5.69. The topological polar surface area (TPSA) is 75.9 Å². The van der Waals surface area contributed by atoms with E-state index in [1.54, 1.807) is 6.20 Å². The van der Waals surface area contributed by atoms with Crippen molar-refractivity contribution in [2.24, 2.45) is 5.92 Å². The molecule has 4 rings (SSSR count). The molecule has 1 aliphatic carbocycles. The Balaban J connectivity index is 1.30. The van der Waals surface area contributed by atoms with E-state index in [-0.39, 0.29) is 24.7 Å². The SMILES string of the molecule is CN(CC1CC1)c1ccc(CC(=O)Nc2cnn(Cc3ccc(F)c(F)c3)n2)cn1. The van der Waals surface area contributed by atoms with E-state index in [0.29, 0.717) is 5.56 Å². The van der Waals surface area contributed by atoms with Crippen LogP contribution in [-0.4, -0.2) is 39.5 Å². The molecule has 3 aromatic rings. The third kappa shape index (κ3) is 5.16. The van der Waals surface area contributed by atoms with Gasteiger partial charge in [-0.1, -0.05) is 12.1 Å². The second-order valence-electron chi connectivity index (χ2n) is 7.58. The predicted octanol–water partition coefficient (Wildman–Crippen LogP) is 3.03. The summed E-state index contributed by atoms with van der Waals surface area (Å²) in [4.78, 5) is 20.2. The average molecular weight is 412 g/mol. The van der Waals surface area contributed by atoms with Crippen molar-refractivity contribution >= 4 is 17.5 Å². The molecule has 1 fully saturated rings. The van der Waals surface area contributed by atoms with Crippen LogP contribution in [0.25, 0.3) is 0 Å². The van der Waals surface area contributed by atoms with Gasteiger partial charge in [0.2, 0.25) is 5.91 Å². The standard InChI is InChI=1S/C21H22F2N6O/c1-28(12-14-2-3-14)20-7-5-15(10-24-20)9-21(30)26-19-11-25-29(27-19)13-16-4-6-17(22)18(23)8-16/h4-8,10-11,14H,2-3,9,12-13H2,1H3,(H,26,27,30). The molecule has 0 saturated heterocycles. The lowest BCUT2D eigenvalue weighted by atomic mass is 10.2. The second kappa shape index (κ2) is 8.56. The number of rotatable bonds is 8. The number of aromatic nitrogens is 4. The van der Waals surface area contributed by atoms with Crippen LogP contribution in [0, 0.1) is 17.6 Å². The summed E-state index contributed by atoms with van der Waals surface area (Å²) in [5.41, 5.74) is 1.31. The molecule has 0 unspecified atom stereocenters. The van der Waals surface area contributed by atoms with Crippen molar-refractivity contribution in [3.05, 3.63) is 65.5 Å². The van der Waals surface area contributed by atoms with E-state index in [1.165, 1.54) is 29.9 Å². The molecule has 0 radical (unpaired) electrons. The predicted molar refractivity (Wildman–Crippen MR) is 108 cm³/mol. The molecule has 0 aliphatic heterocycles. The van der Waals surface area contributed by atoms with Crippen LogP contribution in [0.15, 0.2) is 42.7 Å². The number of carbonyl (C=O) groups is 1. The van der Waals surface area contributed by atoms with Gasteiger partial charge in [0.25, 0.3) is 0 Å². The number of hydrogen-bond donors (Lipinski definition) is 1. The lowest BCUT2D eigenvalue weighted by Gasteiger charge is -2.17. The van der Waals surface area contributed by atoms with Crippen LogP contribution in [0.2, 0.25) is 0 Å². The van der Waals surface area contributed by atoms with Crippen LogP contribution in [-0.2, 0) is 17.8 Å². The van der Waals surface area contributed by atoms with Crippen molar-refractivity contribution in [2.75, 3.05) is 23.8 Å². The number of halogens is 2. The zero-order chi connectivity index (χ0) is 21.1. The lowest BCUT2D eigenvalue weighted by Crippen LogP contribution is -2.21. The molecule has 30 heavy (non-hydrogen) atoms. The Bertz CT molecular complexity index is 1030. The fraction of sp³-hybridized carbons (Fsp3) is 0.333. The van der Waals surface area contributed by atoms with E-state index in [4.69, 9.17) is 0 Å². The average Bonchev–Trinajstić information content (AvgIpc) is 3.43. The second-order valence-corrected chi connectivity index (χ2v) is 7.58. The minimum absolute atomic E-state index is 0.160. The van der Waals surface area contributed by atoms with Gasteiger partial charge in [-0.05, 0) is 48.1 Å². The molecule has 156 valence electrons. The van der Waals surface area contributed by atoms with Gasteiger partial charge in [0, 0.05) is 19.8 Å².